The van der Waals surface area contributed by atoms with Crippen LogP contribution >= 0.6 is 0 Å². The second-order valence-electron chi connectivity index (χ2n) is 3.49. The van der Waals surface area contributed by atoms with E-state index in [0.717, 1.165) is 29.6 Å². The third-order valence-electron chi connectivity index (χ3n) is 2.55. The summed E-state index contributed by atoms with van der Waals surface area (Å²) >= 11 is 0. The first kappa shape index (κ1) is 7.94. The summed E-state index contributed by atoms with van der Waals surface area (Å²) in [5.74, 6) is -0.265. The second kappa shape index (κ2) is 2.78. The second-order valence-corrected chi connectivity index (χ2v) is 3.49. The molecule has 0 saturated heterocycles. The zero-order valence-corrected chi connectivity index (χ0v) is 7.51. The quantitative estimate of drug-likeness (QED) is 0.689. The van der Waals surface area contributed by atoms with Crippen LogP contribution in [0.3, 0.4) is 0 Å². The molecule has 1 N–H and O–H groups in total. The van der Waals surface area contributed by atoms with Crippen LogP contribution in [0.15, 0.2) is 16.7 Å². The topological polar surface area (TPSA) is 38.1 Å². The van der Waals surface area contributed by atoms with Crippen molar-refractivity contribution in [2.24, 2.45) is 0 Å². The molecule has 3 rings (SSSR count). The van der Waals surface area contributed by atoms with Gasteiger partial charge in [-0.1, -0.05) is 5.16 Å². The Labute approximate surface area is 79.9 Å². The Morgan fingerprint density at radius 1 is 1.43 bits per heavy atom. The van der Waals surface area contributed by atoms with Crippen molar-refractivity contribution < 1.29 is 8.91 Å². The molecular formula is C10H9FN2O. The van der Waals surface area contributed by atoms with Gasteiger partial charge in [0, 0.05) is 31.0 Å². The molecule has 14 heavy (non-hydrogen) atoms. The molecule has 0 spiro atoms. The van der Waals surface area contributed by atoms with Crippen LogP contribution in [-0.4, -0.2) is 11.7 Å². The van der Waals surface area contributed by atoms with Gasteiger partial charge < -0.3 is 9.84 Å². The Bertz CT molecular complexity index is 492. The fourth-order valence-electron chi connectivity index (χ4n) is 1.93. The Morgan fingerprint density at radius 3 is 3.29 bits per heavy atom. The third kappa shape index (κ3) is 1.04. The summed E-state index contributed by atoms with van der Waals surface area (Å²) in [6.45, 7) is 1.54. The van der Waals surface area contributed by atoms with Crippen LogP contribution < -0.4 is 5.32 Å². The summed E-state index contributed by atoms with van der Waals surface area (Å²) in [5, 5.41) is 8.15. The number of aromatic nitrogens is 1. The monoisotopic (exact) mass is 192 g/mol. The van der Waals surface area contributed by atoms with E-state index in [1.807, 2.05) is 0 Å². The standard InChI is InChI=1S/C10H9FN2O/c11-7-3-6-5-12-2-1-8-10(6)9(4-7)14-13-8/h3-4,12H,1-2,5H2. The minimum atomic E-state index is -0.265. The summed E-state index contributed by atoms with van der Waals surface area (Å²) in [5.41, 5.74) is 2.42. The molecule has 2 heterocycles. The van der Waals surface area contributed by atoms with E-state index in [-0.39, 0.29) is 5.82 Å². The molecule has 4 heteroatoms. The first-order valence-corrected chi connectivity index (χ1v) is 4.62. The molecule has 0 saturated carbocycles. The average molecular weight is 192 g/mol. The van der Waals surface area contributed by atoms with Gasteiger partial charge in [-0.25, -0.2) is 4.39 Å². The maximum Gasteiger partial charge on any atom is 0.170 e. The Hall–Kier alpha value is -1.42. The minimum Gasteiger partial charge on any atom is -0.356 e. The molecule has 72 valence electrons. The van der Waals surface area contributed by atoms with E-state index in [1.54, 1.807) is 6.07 Å². The van der Waals surface area contributed by atoms with Gasteiger partial charge in [0.2, 0.25) is 0 Å². The number of halogens is 1. The van der Waals surface area contributed by atoms with Gasteiger partial charge in [0.25, 0.3) is 0 Å². The van der Waals surface area contributed by atoms with Gasteiger partial charge in [-0.05, 0) is 11.6 Å². The molecule has 3 nitrogen and oxygen atoms in total. The largest absolute Gasteiger partial charge is 0.356 e. The first-order chi connectivity index (χ1) is 6.84. The zero-order valence-electron chi connectivity index (χ0n) is 7.51. The van der Waals surface area contributed by atoms with Crippen molar-refractivity contribution in [3.05, 3.63) is 29.2 Å². The normalized spacial score (nSPS) is 15.8. The lowest BCUT2D eigenvalue weighted by molar-refractivity contribution is 0.442. The minimum absolute atomic E-state index is 0.265. The van der Waals surface area contributed by atoms with Crippen LogP contribution in [0, 0.1) is 5.82 Å². The molecular weight excluding hydrogens is 183 g/mol. The first-order valence-electron chi connectivity index (χ1n) is 4.62. The Balaban J connectivity index is 2.39. The highest BCUT2D eigenvalue weighted by Crippen LogP contribution is 2.25. The molecule has 0 bridgehead atoms. The lowest BCUT2D eigenvalue weighted by Crippen LogP contribution is -2.14. The van der Waals surface area contributed by atoms with Crippen molar-refractivity contribution >= 4 is 11.0 Å². The van der Waals surface area contributed by atoms with E-state index in [2.05, 4.69) is 10.5 Å². The molecule has 0 radical (unpaired) electrons. The molecule has 0 fully saturated rings. The molecule has 0 unspecified atom stereocenters. The predicted molar refractivity (Wildman–Crippen MR) is 49.4 cm³/mol. The number of nitrogens with one attached hydrogen (secondary N) is 1. The van der Waals surface area contributed by atoms with E-state index in [1.165, 1.54) is 6.07 Å². The maximum absolute atomic E-state index is 13.1. The van der Waals surface area contributed by atoms with Gasteiger partial charge in [0.15, 0.2) is 5.58 Å². The van der Waals surface area contributed by atoms with Crippen molar-refractivity contribution in [2.45, 2.75) is 13.0 Å². The molecule has 1 aliphatic rings. The molecule has 2 aromatic rings. The van der Waals surface area contributed by atoms with Crippen LogP contribution in [0.4, 0.5) is 4.39 Å². The lowest BCUT2D eigenvalue weighted by Gasteiger charge is -2.00. The summed E-state index contributed by atoms with van der Waals surface area (Å²) in [7, 11) is 0. The van der Waals surface area contributed by atoms with Crippen LogP contribution in [0.25, 0.3) is 11.0 Å². The molecule has 0 aliphatic carbocycles. The highest BCUT2D eigenvalue weighted by atomic mass is 19.1. The summed E-state index contributed by atoms with van der Waals surface area (Å²) in [4.78, 5) is 0. The number of nitrogens with zero attached hydrogens (tertiary/aromatic N) is 1. The van der Waals surface area contributed by atoms with Gasteiger partial charge in [0.05, 0.1) is 5.69 Å². The van der Waals surface area contributed by atoms with Crippen molar-refractivity contribution in [3.63, 3.8) is 0 Å². The summed E-state index contributed by atoms with van der Waals surface area (Å²) in [6, 6.07) is 2.93. The van der Waals surface area contributed by atoms with E-state index >= 15 is 0 Å². The summed E-state index contributed by atoms with van der Waals surface area (Å²) < 4.78 is 18.2. The van der Waals surface area contributed by atoms with Gasteiger partial charge in [0.1, 0.15) is 5.82 Å². The highest BCUT2D eigenvalue weighted by molar-refractivity contribution is 5.83. The predicted octanol–water partition coefficient (Wildman–Crippen LogP) is 1.61. The zero-order chi connectivity index (χ0) is 9.54. The summed E-state index contributed by atoms with van der Waals surface area (Å²) in [6.07, 6.45) is 0.839. The fraction of sp³-hybridized carbons (Fsp3) is 0.300. The van der Waals surface area contributed by atoms with Gasteiger partial charge in [-0.3, -0.25) is 0 Å². The molecule has 1 aromatic carbocycles. The molecule has 1 aliphatic heterocycles. The van der Waals surface area contributed by atoms with Crippen LogP contribution in [0.2, 0.25) is 0 Å². The van der Waals surface area contributed by atoms with Crippen LogP contribution in [0.1, 0.15) is 11.3 Å². The Morgan fingerprint density at radius 2 is 2.36 bits per heavy atom. The number of hydrogen-bond donors (Lipinski definition) is 1. The van der Waals surface area contributed by atoms with Crippen molar-refractivity contribution in [1.29, 1.82) is 0 Å². The average Bonchev–Trinajstić information content (AvgIpc) is 2.43. The number of benzene rings is 1. The SMILES string of the molecule is Fc1cc2c3c(noc3c1)CCNC2. The lowest BCUT2D eigenvalue weighted by atomic mass is 10.1. The van der Waals surface area contributed by atoms with Gasteiger partial charge in [-0.15, -0.1) is 0 Å². The van der Waals surface area contributed by atoms with Gasteiger partial charge >= 0.3 is 0 Å². The van der Waals surface area contributed by atoms with E-state index in [4.69, 9.17) is 4.52 Å². The van der Waals surface area contributed by atoms with E-state index in [9.17, 15) is 4.39 Å². The Kier molecular flexibility index (Phi) is 1.58. The highest BCUT2D eigenvalue weighted by Gasteiger charge is 2.16. The smallest absolute Gasteiger partial charge is 0.170 e. The van der Waals surface area contributed by atoms with Crippen molar-refractivity contribution in [1.82, 2.24) is 10.5 Å². The van der Waals surface area contributed by atoms with Gasteiger partial charge in [-0.2, -0.15) is 0 Å². The number of rotatable bonds is 0. The fourth-order valence-corrected chi connectivity index (χ4v) is 1.93. The molecule has 0 atom stereocenters. The van der Waals surface area contributed by atoms with Crippen LogP contribution in [0.5, 0.6) is 0 Å². The van der Waals surface area contributed by atoms with E-state index < -0.39 is 0 Å². The van der Waals surface area contributed by atoms with Crippen molar-refractivity contribution in [2.75, 3.05) is 6.54 Å². The van der Waals surface area contributed by atoms with E-state index in [0.29, 0.717) is 12.1 Å². The maximum atomic E-state index is 13.1. The third-order valence-corrected chi connectivity index (χ3v) is 2.55. The molecule has 1 aromatic heterocycles. The van der Waals surface area contributed by atoms with Crippen molar-refractivity contribution in [3.8, 4) is 0 Å². The van der Waals surface area contributed by atoms with Crippen LogP contribution in [-0.2, 0) is 13.0 Å². The number of hydrogen-bond acceptors (Lipinski definition) is 3. The molecule has 0 amide bonds.